The topological polar surface area (TPSA) is 49.9 Å². The van der Waals surface area contributed by atoms with E-state index in [1.165, 1.54) is 0 Å². The van der Waals surface area contributed by atoms with Gasteiger partial charge in [-0.3, -0.25) is 0 Å². The molecule has 18 heavy (non-hydrogen) atoms. The number of aryl methyl sites for hydroxylation is 1. The third-order valence-electron chi connectivity index (χ3n) is 2.63. The summed E-state index contributed by atoms with van der Waals surface area (Å²) in [7, 11) is 0. The maximum Gasteiger partial charge on any atom is 0.138 e. The quantitative estimate of drug-likeness (QED) is 0.871. The molecule has 1 heterocycles. The van der Waals surface area contributed by atoms with Crippen LogP contribution in [-0.2, 0) is 6.54 Å². The van der Waals surface area contributed by atoms with Crippen molar-refractivity contribution in [3.8, 4) is 5.75 Å². The van der Waals surface area contributed by atoms with Crippen molar-refractivity contribution in [3.63, 3.8) is 0 Å². The lowest BCUT2D eigenvalue weighted by Crippen LogP contribution is -2.01. The Morgan fingerprint density at radius 1 is 1.44 bits per heavy atom. The molecule has 0 atom stereocenters. The first-order chi connectivity index (χ1) is 8.70. The molecular formula is C13H16ClN3O. The lowest BCUT2D eigenvalue weighted by molar-refractivity contribution is 0.340. The number of anilines is 1. The molecule has 0 aliphatic carbocycles. The van der Waals surface area contributed by atoms with Crippen LogP contribution in [0.5, 0.6) is 5.75 Å². The normalized spacial score (nSPS) is 10.4. The van der Waals surface area contributed by atoms with Crippen molar-refractivity contribution in [2.75, 3.05) is 11.9 Å². The summed E-state index contributed by atoms with van der Waals surface area (Å²) in [6.45, 7) is 5.20. The van der Waals surface area contributed by atoms with Crippen LogP contribution in [0.15, 0.2) is 24.5 Å². The van der Waals surface area contributed by atoms with Crippen LogP contribution < -0.4 is 10.1 Å². The van der Waals surface area contributed by atoms with Crippen molar-refractivity contribution in [2.45, 2.75) is 20.4 Å². The van der Waals surface area contributed by atoms with Crippen LogP contribution in [0.2, 0.25) is 5.02 Å². The summed E-state index contributed by atoms with van der Waals surface area (Å²) in [5.74, 6) is 0.709. The lowest BCUT2D eigenvalue weighted by Gasteiger charge is -2.09. The Bertz CT molecular complexity index is 525. The van der Waals surface area contributed by atoms with Crippen molar-refractivity contribution in [1.29, 1.82) is 0 Å². The smallest absolute Gasteiger partial charge is 0.138 e. The minimum atomic E-state index is 0.610. The van der Waals surface area contributed by atoms with Gasteiger partial charge in [-0.25, -0.2) is 4.98 Å². The van der Waals surface area contributed by atoms with E-state index < -0.39 is 0 Å². The van der Waals surface area contributed by atoms with Crippen LogP contribution in [0.4, 0.5) is 5.69 Å². The summed E-state index contributed by atoms with van der Waals surface area (Å²) in [6.07, 6.45) is 1.69. The molecule has 2 aromatic rings. The number of hydrogen-bond donors (Lipinski definition) is 2. The van der Waals surface area contributed by atoms with E-state index >= 15 is 0 Å². The molecule has 0 aliphatic rings. The predicted molar refractivity (Wildman–Crippen MR) is 73.3 cm³/mol. The van der Waals surface area contributed by atoms with Gasteiger partial charge in [-0.2, -0.15) is 0 Å². The summed E-state index contributed by atoms with van der Waals surface area (Å²) in [5, 5.41) is 3.89. The molecule has 1 aromatic carbocycles. The van der Waals surface area contributed by atoms with E-state index in [9.17, 15) is 0 Å². The Morgan fingerprint density at radius 2 is 2.28 bits per heavy atom. The molecule has 0 radical (unpaired) electrons. The summed E-state index contributed by atoms with van der Waals surface area (Å²) in [4.78, 5) is 7.27. The van der Waals surface area contributed by atoms with Gasteiger partial charge in [-0.15, -0.1) is 0 Å². The zero-order chi connectivity index (χ0) is 13.0. The summed E-state index contributed by atoms with van der Waals surface area (Å²) < 4.78 is 5.38. The molecular weight excluding hydrogens is 250 g/mol. The van der Waals surface area contributed by atoms with Crippen molar-refractivity contribution in [2.24, 2.45) is 0 Å². The molecule has 0 aliphatic heterocycles. The Kier molecular flexibility index (Phi) is 4.10. The second kappa shape index (κ2) is 5.78. The van der Waals surface area contributed by atoms with Crippen LogP contribution in [0.25, 0.3) is 0 Å². The van der Waals surface area contributed by atoms with Gasteiger partial charge in [0.2, 0.25) is 0 Å². The van der Waals surface area contributed by atoms with Gasteiger partial charge in [0.25, 0.3) is 0 Å². The number of aromatic nitrogens is 2. The Hall–Kier alpha value is -1.68. The van der Waals surface area contributed by atoms with Crippen molar-refractivity contribution in [3.05, 3.63) is 40.9 Å². The predicted octanol–water partition coefficient (Wildman–Crippen LogP) is 3.38. The van der Waals surface area contributed by atoms with E-state index in [1.807, 2.05) is 32.0 Å². The van der Waals surface area contributed by atoms with Crippen molar-refractivity contribution < 1.29 is 4.74 Å². The fourth-order valence-electron chi connectivity index (χ4n) is 1.63. The van der Waals surface area contributed by atoms with Crippen LogP contribution >= 0.6 is 11.6 Å². The number of ether oxygens (including phenoxy) is 1. The van der Waals surface area contributed by atoms with Crippen LogP contribution in [-0.4, -0.2) is 16.6 Å². The van der Waals surface area contributed by atoms with Crippen LogP contribution in [0, 0.1) is 6.92 Å². The highest BCUT2D eigenvalue weighted by atomic mass is 35.5. The van der Waals surface area contributed by atoms with E-state index in [-0.39, 0.29) is 0 Å². The number of H-pyrrole nitrogens is 1. The van der Waals surface area contributed by atoms with E-state index in [1.54, 1.807) is 6.33 Å². The molecule has 0 saturated heterocycles. The highest BCUT2D eigenvalue weighted by Crippen LogP contribution is 2.27. The first-order valence-electron chi connectivity index (χ1n) is 5.85. The number of aromatic amines is 1. The molecule has 0 spiro atoms. The highest BCUT2D eigenvalue weighted by molar-refractivity contribution is 6.32. The minimum Gasteiger partial charge on any atom is -0.492 e. The average molecular weight is 266 g/mol. The van der Waals surface area contributed by atoms with Gasteiger partial charge in [0, 0.05) is 11.4 Å². The summed E-state index contributed by atoms with van der Waals surface area (Å²) in [6, 6.07) is 5.67. The standard InChI is InChI=1S/C13H16ClN3O/c1-3-18-13-5-4-10(6-11(13)14)15-7-12-9(2)16-8-17-12/h4-6,8,15H,3,7H2,1-2H3,(H,16,17). The fourth-order valence-corrected chi connectivity index (χ4v) is 1.87. The number of nitrogens with one attached hydrogen (secondary N) is 2. The van der Waals surface area contributed by atoms with Crippen molar-refractivity contribution in [1.82, 2.24) is 9.97 Å². The number of benzene rings is 1. The third-order valence-corrected chi connectivity index (χ3v) is 2.92. The fraction of sp³-hybridized carbons (Fsp3) is 0.308. The van der Waals surface area contributed by atoms with Gasteiger partial charge in [0.15, 0.2) is 0 Å². The molecule has 0 bridgehead atoms. The Morgan fingerprint density at radius 3 is 2.89 bits per heavy atom. The number of halogens is 1. The number of rotatable bonds is 5. The molecule has 2 rings (SSSR count). The maximum atomic E-state index is 6.11. The summed E-state index contributed by atoms with van der Waals surface area (Å²) >= 11 is 6.11. The largest absolute Gasteiger partial charge is 0.492 e. The van der Waals surface area contributed by atoms with Crippen LogP contribution in [0.3, 0.4) is 0 Å². The molecule has 0 fully saturated rings. The zero-order valence-corrected chi connectivity index (χ0v) is 11.2. The first kappa shape index (κ1) is 12.8. The molecule has 0 saturated carbocycles. The molecule has 0 unspecified atom stereocenters. The lowest BCUT2D eigenvalue weighted by atomic mass is 10.3. The van der Waals surface area contributed by atoms with Gasteiger partial charge >= 0.3 is 0 Å². The molecule has 0 amide bonds. The Labute approximate surface area is 111 Å². The minimum absolute atomic E-state index is 0.610. The molecule has 4 nitrogen and oxygen atoms in total. The highest BCUT2D eigenvalue weighted by Gasteiger charge is 2.04. The van der Waals surface area contributed by atoms with Gasteiger partial charge in [-0.05, 0) is 32.0 Å². The van der Waals surface area contributed by atoms with Crippen molar-refractivity contribution >= 4 is 17.3 Å². The average Bonchev–Trinajstić information content (AvgIpc) is 2.76. The van der Waals surface area contributed by atoms with E-state index in [0.717, 1.165) is 17.1 Å². The number of imidazole rings is 1. The van der Waals surface area contributed by atoms with Crippen LogP contribution in [0.1, 0.15) is 18.3 Å². The summed E-state index contributed by atoms with van der Waals surface area (Å²) in [5.41, 5.74) is 3.02. The zero-order valence-electron chi connectivity index (χ0n) is 10.5. The first-order valence-corrected chi connectivity index (χ1v) is 6.23. The molecule has 96 valence electrons. The number of nitrogens with zero attached hydrogens (tertiary/aromatic N) is 1. The second-order valence-electron chi connectivity index (χ2n) is 3.91. The molecule has 5 heteroatoms. The van der Waals surface area contributed by atoms with Gasteiger partial charge in [-0.1, -0.05) is 11.6 Å². The van der Waals surface area contributed by atoms with Gasteiger partial charge in [0.05, 0.1) is 30.2 Å². The maximum absolute atomic E-state index is 6.11. The third kappa shape index (κ3) is 2.96. The van der Waals surface area contributed by atoms with E-state index in [0.29, 0.717) is 23.9 Å². The molecule has 2 N–H and O–H groups in total. The Balaban J connectivity index is 2.02. The monoisotopic (exact) mass is 265 g/mol. The van der Waals surface area contributed by atoms with Gasteiger partial charge < -0.3 is 15.0 Å². The number of hydrogen-bond acceptors (Lipinski definition) is 3. The second-order valence-corrected chi connectivity index (χ2v) is 4.31. The van der Waals surface area contributed by atoms with E-state index in [2.05, 4.69) is 15.3 Å². The van der Waals surface area contributed by atoms with Gasteiger partial charge in [0.1, 0.15) is 5.75 Å². The van der Waals surface area contributed by atoms with E-state index in [4.69, 9.17) is 16.3 Å². The molecule has 1 aromatic heterocycles. The SMILES string of the molecule is CCOc1ccc(NCc2nc[nH]c2C)cc1Cl.